The first-order valence-corrected chi connectivity index (χ1v) is 6.51. The lowest BCUT2D eigenvalue weighted by atomic mass is 9.88. The summed E-state index contributed by atoms with van der Waals surface area (Å²) in [7, 11) is 0. The SMILES string of the molecule is O=C=NC1(c2c(Br)ccc(Cl)c2F)CCCC1. The van der Waals surface area contributed by atoms with Gasteiger partial charge in [-0.1, -0.05) is 40.4 Å². The summed E-state index contributed by atoms with van der Waals surface area (Å²) in [5.41, 5.74) is -0.416. The fourth-order valence-electron chi connectivity index (χ4n) is 2.42. The number of rotatable bonds is 2. The van der Waals surface area contributed by atoms with Crippen LogP contribution in [0, 0.1) is 5.82 Å². The number of isocyanates is 1. The predicted octanol–water partition coefficient (Wildman–Crippen LogP) is 4.35. The molecule has 1 aliphatic carbocycles. The van der Waals surface area contributed by atoms with Crippen LogP contribution in [0.4, 0.5) is 4.39 Å². The molecule has 1 aromatic rings. The Morgan fingerprint density at radius 3 is 2.65 bits per heavy atom. The van der Waals surface area contributed by atoms with Crippen LogP contribution in [-0.4, -0.2) is 6.08 Å². The second-order valence-corrected chi connectivity index (χ2v) is 5.42. The summed E-state index contributed by atoms with van der Waals surface area (Å²) in [5, 5.41) is 0.0515. The van der Waals surface area contributed by atoms with Crippen LogP contribution in [0.5, 0.6) is 0 Å². The molecule has 0 N–H and O–H groups in total. The molecule has 0 aliphatic heterocycles. The van der Waals surface area contributed by atoms with Crippen molar-refractivity contribution in [3.63, 3.8) is 0 Å². The first-order chi connectivity index (χ1) is 8.10. The van der Waals surface area contributed by atoms with Crippen molar-refractivity contribution < 1.29 is 9.18 Å². The first-order valence-electron chi connectivity index (χ1n) is 5.34. The van der Waals surface area contributed by atoms with Gasteiger partial charge in [-0.05, 0) is 25.0 Å². The number of benzene rings is 1. The minimum absolute atomic E-state index is 0.0515. The molecular formula is C12H10BrClFNO. The van der Waals surface area contributed by atoms with Crippen LogP contribution in [0.15, 0.2) is 21.6 Å². The van der Waals surface area contributed by atoms with Crippen LogP contribution in [0.25, 0.3) is 0 Å². The van der Waals surface area contributed by atoms with Gasteiger partial charge in [0, 0.05) is 10.0 Å². The molecule has 0 bridgehead atoms. The van der Waals surface area contributed by atoms with E-state index >= 15 is 0 Å². The molecule has 1 saturated carbocycles. The summed E-state index contributed by atoms with van der Waals surface area (Å²) < 4.78 is 14.7. The van der Waals surface area contributed by atoms with Crippen LogP contribution in [0.1, 0.15) is 31.2 Å². The average Bonchev–Trinajstić information content (AvgIpc) is 2.74. The van der Waals surface area contributed by atoms with Gasteiger partial charge in [0.2, 0.25) is 6.08 Å². The van der Waals surface area contributed by atoms with Gasteiger partial charge in [-0.25, -0.2) is 9.18 Å². The highest BCUT2D eigenvalue weighted by atomic mass is 79.9. The molecule has 0 radical (unpaired) electrons. The number of hydrogen-bond acceptors (Lipinski definition) is 2. The van der Waals surface area contributed by atoms with E-state index in [1.807, 2.05) is 0 Å². The number of aliphatic imine (C=N–C) groups is 1. The molecule has 0 heterocycles. The van der Waals surface area contributed by atoms with Crippen molar-refractivity contribution in [1.82, 2.24) is 0 Å². The van der Waals surface area contributed by atoms with E-state index in [0.29, 0.717) is 22.9 Å². The summed E-state index contributed by atoms with van der Waals surface area (Å²) >= 11 is 9.10. The van der Waals surface area contributed by atoms with Crippen LogP contribution in [0.2, 0.25) is 5.02 Å². The summed E-state index contributed by atoms with van der Waals surface area (Å²) in [6.45, 7) is 0. The molecule has 0 saturated heterocycles. The van der Waals surface area contributed by atoms with Crippen molar-refractivity contribution in [2.75, 3.05) is 0 Å². The minimum atomic E-state index is -0.796. The average molecular weight is 319 g/mol. The highest BCUT2D eigenvalue weighted by Gasteiger charge is 2.40. The van der Waals surface area contributed by atoms with Crippen molar-refractivity contribution >= 4 is 33.6 Å². The Balaban J connectivity index is 2.65. The molecule has 90 valence electrons. The van der Waals surface area contributed by atoms with Crippen LogP contribution >= 0.6 is 27.5 Å². The van der Waals surface area contributed by atoms with E-state index in [9.17, 15) is 9.18 Å². The molecule has 17 heavy (non-hydrogen) atoms. The van der Waals surface area contributed by atoms with E-state index in [1.165, 1.54) is 6.07 Å². The van der Waals surface area contributed by atoms with Crippen LogP contribution in [0.3, 0.4) is 0 Å². The van der Waals surface area contributed by atoms with E-state index in [1.54, 1.807) is 12.1 Å². The van der Waals surface area contributed by atoms with Gasteiger partial charge >= 0.3 is 0 Å². The fraction of sp³-hybridized carbons (Fsp3) is 0.417. The topological polar surface area (TPSA) is 29.4 Å². The van der Waals surface area contributed by atoms with E-state index in [-0.39, 0.29) is 5.02 Å². The maximum Gasteiger partial charge on any atom is 0.235 e. The third-order valence-corrected chi connectivity index (χ3v) is 4.15. The van der Waals surface area contributed by atoms with Crippen molar-refractivity contribution in [1.29, 1.82) is 0 Å². The van der Waals surface area contributed by atoms with Gasteiger partial charge in [-0.2, -0.15) is 4.99 Å². The predicted molar refractivity (Wildman–Crippen MR) is 67.4 cm³/mol. The molecule has 0 atom stereocenters. The van der Waals surface area contributed by atoms with Gasteiger partial charge < -0.3 is 0 Å². The third kappa shape index (κ3) is 2.17. The Morgan fingerprint density at radius 2 is 2.06 bits per heavy atom. The van der Waals surface area contributed by atoms with Crippen molar-refractivity contribution in [3.8, 4) is 0 Å². The van der Waals surface area contributed by atoms with E-state index < -0.39 is 11.4 Å². The lowest BCUT2D eigenvalue weighted by molar-refractivity contribution is 0.428. The Morgan fingerprint density at radius 1 is 1.41 bits per heavy atom. The van der Waals surface area contributed by atoms with Gasteiger partial charge in [-0.3, -0.25) is 0 Å². The highest BCUT2D eigenvalue weighted by Crippen LogP contribution is 2.46. The Labute approximate surface area is 112 Å². The number of halogens is 3. The van der Waals surface area contributed by atoms with E-state index in [2.05, 4.69) is 20.9 Å². The van der Waals surface area contributed by atoms with Gasteiger partial charge in [0.05, 0.1) is 5.02 Å². The second kappa shape index (κ2) is 4.89. The molecule has 0 spiro atoms. The zero-order chi connectivity index (χ0) is 12.5. The minimum Gasteiger partial charge on any atom is -0.211 e. The number of nitrogens with zero attached hydrogens (tertiary/aromatic N) is 1. The number of carbonyl (C=O) groups excluding carboxylic acids is 1. The molecule has 0 unspecified atom stereocenters. The Bertz CT molecular complexity index is 494. The van der Waals surface area contributed by atoms with Gasteiger partial charge in [0.1, 0.15) is 11.4 Å². The molecule has 0 amide bonds. The molecule has 1 aliphatic rings. The summed E-state index contributed by atoms with van der Waals surface area (Å²) in [4.78, 5) is 14.4. The van der Waals surface area contributed by atoms with Crippen LogP contribution in [-0.2, 0) is 10.3 Å². The summed E-state index contributed by atoms with van der Waals surface area (Å²) in [6.07, 6.45) is 4.71. The molecule has 1 aromatic carbocycles. The normalized spacial score (nSPS) is 17.8. The van der Waals surface area contributed by atoms with E-state index in [0.717, 1.165) is 12.8 Å². The third-order valence-electron chi connectivity index (χ3n) is 3.20. The zero-order valence-electron chi connectivity index (χ0n) is 8.97. The van der Waals surface area contributed by atoms with E-state index in [4.69, 9.17) is 11.6 Å². The Kier molecular flexibility index (Phi) is 3.67. The lowest BCUT2D eigenvalue weighted by Gasteiger charge is -2.25. The quantitative estimate of drug-likeness (QED) is 0.453. The highest BCUT2D eigenvalue weighted by molar-refractivity contribution is 9.10. The monoisotopic (exact) mass is 317 g/mol. The largest absolute Gasteiger partial charge is 0.235 e. The first kappa shape index (κ1) is 12.7. The molecule has 0 aromatic heterocycles. The molecule has 5 heteroatoms. The molecular weight excluding hydrogens is 308 g/mol. The molecule has 2 rings (SSSR count). The number of hydrogen-bond donors (Lipinski definition) is 0. The smallest absolute Gasteiger partial charge is 0.211 e. The molecule has 1 fully saturated rings. The van der Waals surface area contributed by atoms with Crippen molar-refractivity contribution in [2.24, 2.45) is 4.99 Å². The maximum absolute atomic E-state index is 14.1. The van der Waals surface area contributed by atoms with Gasteiger partial charge in [0.15, 0.2) is 0 Å². The summed E-state index contributed by atoms with van der Waals surface area (Å²) in [6, 6.07) is 3.17. The second-order valence-electron chi connectivity index (χ2n) is 4.16. The maximum atomic E-state index is 14.1. The summed E-state index contributed by atoms with van der Waals surface area (Å²) in [5.74, 6) is -0.498. The lowest BCUT2D eigenvalue weighted by Crippen LogP contribution is -2.21. The zero-order valence-corrected chi connectivity index (χ0v) is 11.3. The van der Waals surface area contributed by atoms with Crippen molar-refractivity contribution in [3.05, 3.63) is 33.0 Å². The molecule has 2 nitrogen and oxygen atoms in total. The van der Waals surface area contributed by atoms with Crippen molar-refractivity contribution in [2.45, 2.75) is 31.2 Å². The van der Waals surface area contributed by atoms with Crippen LogP contribution < -0.4 is 0 Å². The standard InChI is InChI=1S/C12H10BrClFNO/c13-8-3-4-9(14)11(15)10(8)12(16-7-17)5-1-2-6-12/h3-4H,1-2,5-6H2. The Hall–Kier alpha value is -0.700. The fourth-order valence-corrected chi connectivity index (χ4v) is 3.25. The van der Waals surface area contributed by atoms with Gasteiger partial charge in [0.25, 0.3) is 0 Å². The van der Waals surface area contributed by atoms with Gasteiger partial charge in [-0.15, -0.1) is 0 Å².